The first-order valence-corrected chi connectivity index (χ1v) is 10.0. The summed E-state index contributed by atoms with van der Waals surface area (Å²) in [6.45, 7) is 4.96. The van der Waals surface area contributed by atoms with Gasteiger partial charge >= 0.3 is 0 Å². The summed E-state index contributed by atoms with van der Waals surface area (Å²) in [4.78, 5) is 28.6. The first-order chi connectivity index (χ1) is 14.2. The van der Waals surface area contributed by atoms with E-state index in [0.717, 1.165) is 16.7 Å². The van der Waals surface area contributed by atoms with Gasteiger partial charge in [0.2, 0.25) is 0 Å². The van der Waals surface area contributed by atoms with E-state index in [1.165, 1.54) is 4.90 Å². The van der Waals surface area contributed by atoms with Crippen molar-refractivity contribution in [2.45, 2.75) is 19.9 Å². The minimum absolute atomic E-state index is 0.127. The standard InChI is InChI=1S/C24H28N2O4/c1-15-6-8-17(9-7-15)21-20(23(28)24(29)26(21)13-12-25(3)4)22(27)18-10-11-19(30-5)16(2)14-18/h6-11,14,21,27H,12-13H2,1-5H3/p+1/t21-/m1/s1. The van der Waals surface area contributed by atoms with Crippen LogP contribution in [0.2, 0.25) is 0 Å². The number of hydrogen-bond acceptors (Lipinski definition) is 4. The molecule has 2 N–H and O–H groups in total. The fourth-order valence-corrected chi connectivity index (χ4v) is 3.73. The molecule has 0 radical (unpaired) electrons. The van der Waals surface area contributed by atoms with E-state index in [2.05, 4.69) is 0 Å². The van der Waals surface area contributed by atoms with Crippen LogP contribution in [0.15, 0.2) is 48.0 Å². The highest BCUT2D eigenvalue weighted by atomic mass is 16.5. The van der Waals surface area contributed by atoms with Gasteiger partial charge in [-0.2, -0.15) is 0 Å². The van der Waals surface area contributed by atoms with Crippen LogP contribution in [0.5, 0.6) is 5.75 Å². The quantitative estimate of drug-likeness (QED) is 0.434. The normalized spacial score (nSPS) is 18.3. The van der Waals surface area contributed by atoms with E-state index in [0.29, 0.717) is 24.4 Å². The molecule has 0 spiro atoms. The monoisotopic (exact) mass is 409 g/mol. The molecular formula is C24H29N2O4+. The van der Waals surface area contributed by atoms with Crippen LogP contribution in [0.1, 0.15) is 28.3 Å². The van der Waals surface area contributed by atoms with Gasteiger partial charge in [0, 0.05) is 5.56 Å². The number of likely N-dealkylation sites (N-methyl/N-ethyl adjacent to an activating group) is 1. The second-order valence-electron chi connectivity index (χ2n) is 8.04. The number of aliphatic hydroxyl groups excluding tert-OH is 1. The van der Waals surface area contributed by atoms with Gasteiger partial charge in [0.25, 0.3) is 11.7 Å². The van der Waals surface area contributed by atoms with Crippen LogP contribution in [0.25, 0.3) is 5.76 Å². The van der Waals surface area contributed by atoms with Crippen molar-refractivity contribution in [3.8, 4) is 5.75 Å². The number of likely N-dealkylation sites (tertiary alicyclic amines) is 1. The van der Waals surface area contributed by atoms with E-state index in [1.807, 2.05) is 52.2 Å². The predicted molar refractivity (Wildman–Crippen MR) is 116 cm³/mol. The summed E-state index contributed by atoms with van der Waals surface area (Å²) in [5, 5.41) is 11.1. The number of Topliss-reactive ketones (excluding diaryl/α,β-unsaturated/α-hetero) is 1. The molecule has 158 valence electrons. The van der Waals surface area contributed by atoms with Crippen LogP contribution in [-0.4, -0.2) is 56.0 Å². The molecule has 0 aliphatic carbocycles. The highest BCUT2D eigenvalue weighted by molar-refractivity contribution is 6.46. The van der Waals surface area contributed by atoms with Crippen molar-refractivity contribution in [2.24, 2.45) is 0 Å². The minimum atomic E-state index is -0.652. The average molecular weight is 410 g/mol. The number of amides is 1. The molecule has 0 bridgehead atoms. The average Bonchev–Trinajstić information content (AvgIpc) is 2.96. The highest BCUT2D eigenvalue weighted by Gasteiger charge is 2.46. The van der Waals surface area contributed by atoms with Gasteiger partial charge in [-0.1, -0.05) is 29.8 Å². The van der Waals surface area contributed by atoms with Crippen LogP contribution in [-0.2, 0) is 9.59 Å². The van der Waals surface area contributed by atoms with E-state index in [9.17, 15) is 14.7 Å². The Hall–Kier alpha value is -3.12. The van der Waals surface area contributed by atoms with Gasteiger partial charge in [-0.15, -0.1) is 0 Å². The van der Waals surface area contributed by atoms with Gasteiger partial charge in [0.15, 0.2) is 0 Å². The Morgan fingerprint density at radius 3 is 2.33 bits per heavy atom. The first kappa shape index (κ1) is 21.6. The summed E-state index contributed by atoms with van der Waals surface area (Å²) >= 11 is 0. The number of nitrogens with one attached hydrogen (secondary N) is 1. The molecule has 6 nitrogen and oxygen atoms in total. The zero-order valence-electron chi connectivity index (χ0n) is 18.2. The molecular weight excluding hydrogens is 380 g/mol. The van der Waals surface area contributed by atoms with Crippen molar-refractivity contribution in [1.29, 1.82) is 0 Å². The number of rotatable bonds is 6. The summed E-state index contributed by atoms with van der Waals surface area (Å²) in [6, 6.07) is 12.3. The number of aryl methyl sites for hydroxylation is 2. The largest absolute Gasteiger partial charge is 0.507 e. The van der Waals surface area contributed by atoms with Gasteiger partial charge in [-0.25, -0.2) is 0 Å². The third-order valence-electron chi connectivity index (χ3n) is 5.45. The maximum atomic E-state index is 13.0. The lowest BCUT2D eigenvalue weighted by Gasteiger charge is -2.25. The van der Waals surface area contributed by atoms with Crippen molar-refractivity contribution in [1.82, 2.24) is 4.90 Å². The molecule has 6 heteroatoms. The molecule has 1 heterocycles. The zero-order chi connectivity index (χ0) is 22.0. The third-order valence-corrected chi connectivity index (χ3v) is 5.45. The van der Waals surface area contributed by atoms with E-state index >= 15 is 0 Å². The van der Waals surface area contributed by atoms with Gasteiger partial charge in [0.1, 0.15) is 11.5 Å². The number of quaternary nitrogens is 1. The smallest absolute Gasteiger partial charge is 0.295 e. The second kappa shape index (κ2) is 8.71. The number of aliphatic hydroxyl groups is 1. The summed E-state index contributed by atoms with van der Waals surface area (Å²) in [5.41, 5.74) is 3.34. The Kier molecular flexibility index (Phi) is 6.27. The van der Waals surface area contributed by atoms with Crippen LogP contribution >= 0.6 is 0 Å². The maximum Gasteiger partial charge on any atom is 0.295 e. The van der Waals surface area contributed by atoms with E-state index < -0.39 is 17.7 Å². The topological polar surface area (TPSA) is 71.3 Å². The van der Waals surface area contributed by atoms with Gasteiger partial charge in [-0.3, -0.25) is 9.59 Å². The molecule has 0 saturated carbocycles. The molecule has 0 unspecified atom stereocenters. The molecule has 1 atom stereocenters. The lowest BCUT2D eigenvalue weighted by atomic mass is 9.94. The van der Waals surface area contributed by atoms with Crippen LogP contribution in [0.4, 0.5) is 0 Å². The van der Waals surface area contributed by atoms with E-state index in [-0.39, 0.29) is 11.3 Å². The first-order valence-electron chi connectivity index (χ1n) is 10.0. The molecule has 3 rings (SSSR count). The fraction of sp³-hybridized carbons (Fsp3) is 0.333. The molecule has 1 aliphatic rings. The molecule has 1 saturated heterocycles. The van der Waals surface area contributed by atoms with Crippen LogP contribution in [0, 0.1) is 13.8 Å². The number of carbonyl (C=O) groups is 2. The Labute approximate surface area is 177 Å². The lowest BCUT2D eigenvalue weighted by Crippen LogP contribution is -3.06. The molecule has 30 heavy (non-hydrogen) atoms. The number of hydrogen-bond donors (Lipinski definition) is 2. The summed E-state index contributed by atoms with van der Waals surface area (Å²) in [5.74, 6) is -0.700. The number of ketones is 1. The van der Waals surface area contributed by atoms with Gasteiger partial charge in [0.05, 0.1) is 45.9 Å². The molecule has 1 aliphatic heterocycles. The van der Waals surface area contributed by atoms with Crippen LogP contribution < -0.4 is 9.64 Å². The number of nitrogens with zero attached hydrogens (tertiary/aromatic N) is 1. The van der Waals surface area contributed by atoms with E-state index in [1.54, 1.807) is 30.2 Å². The van der Waals surface area contributed by atoms with Gasteiger partial charge < -0.3 is 19.6 Å². The van der Waals surface area contributed by atoms with Crippen LogP contribution in [0.3, 0.4) is 0 Å². The Bertz CT molecular complexity index is 993. The van der Waals surface area contributed by atoms with Crippen molar-refractivity contribution in [3.63, 3.8) is 0 Å². The van der Waals surface area contributed by atoms with Crippen molar-refractivity contribution in [2.75, 3.05) is 34.3 Å². The Morgan fingerprint density at radius 2 is 1.77 bits per heavy atom. The summed E-state index contributed by atoms with van der Waals surface area (Å²) in [6.07, 6.45) is 0. The van der Waals surface area contributed by atoms with Gasteiger partial charge in [-0.05, 0) is 43.2 Å². The Morgan fingerprint density at radius 1 is 1.10 bits per heavy atom. The third kappa shape index (κ3) is 4.09. The Balaban J connectivity index is 2.14. The summed E-state index contributed by atoms with van der Waals surface area (Å²) in [7, 11) is 5.58. The number of benzene rings is 2. The molecule has 1 amide bonds. The number of methoxy groups -OCH3 is 1. The maximum absolute atomic E-state index is 13.0. The van der Waals surface area contributed by atoms with Crippen molar-refractivity contribution < 1.29 is 24.3 Å². The van der Waals surface area contributed by atoms with E-state index in [4.69, 9.17) is 4.74 Å². The predicted octanol–water partition coefficient (Wildman–Crippen LogP) is 1.88. The SMILES string of the molecule is COc1ccc(C(O)=C2C(=O)C(=O)N(CC[NH+](C)C)[C@@H]2c2ccc(C)cc2)cc1C. The second-order valence-corrected chi connectivity index (χ2v) is 8.04. The highest BCUT2D eigenvalue weighted by Crippen LogP contribution is 2.39. The molecule has 0 aromatic heterocycles. The molecule has 1 fully saturated rings. The summed E-state index contributed by atoms with van der Waals surface area (Å²) < 4.78 is 5.29. The minimum Gasteiger partial charge on any atom is -0.507 e. The van der Waals surface area contributed by atoms with Crippen molar-refractivity contribution in [3.05, 3.63) is 70.3 Å². The zero-order valence-corrected chi connectivity index (χ0v) is 18.2. The molecule has 2 aromatic carbocycles. The fourth-order valence-electron chi connectivity index (χ4n) is 3.73. The van der Waals surface area contributed by atoms with Crippen molar-refractivity contribution >= 4 is 17.4 Å². The molecule has 2 aromatic rings. The number of ether oxygens (including phenoxy) is 1. The lowest BCUT2D eigenvalue weighted by molar-refractivity contribution is -0.857. The number of carbonyl (C=O) groups excluding carboxylic acids is 2.